The molecular weight excluding hydrogens is 518 g/mol. The van der Waals surface area contributed by atoms with Crippen LogP contribution in [0.1, 0.15) is 85.4 Å². The van der Waals surface area contributed by atoms with Crippen LogP contribution < -0.4 is 15.4 Å². The lowest BCUT2D eigenvalue weighted by atomic mass is 9.89. The molecule has 3 atom stereocenters. The number of benzene rings is 2. The van der Waals surface area contributed by atoms with Crippen molar-refractivity contribution in [3.05, 3.63) is 66.2 Å². The predicted molar refractivity (Wildman–Crippen MR) is 165 cm³/mol. The Morgan fingerprint density at radius 3 is 2.17 bits per heavy atom. The van der Waals surface area contributed by atoms with Crippen LogP contribution in [0.25, 0.3) is 6.08 Å². The molecule has 0 aliphatic heterocycles. The van der Waals surface area contributed by atoms with Crippen molar-refractivity contribution in [2.24, 2.45) is 5.92 Å². The first-order valence-corrected chi connectivity index (χ1v) is 14.2. The Labute approximate surface area is 245 Å². The van der Waals surface area contributed by atoms with Gasteiger partial charge in [0.1, 0.15) is 23.4 Å². The van der Waals surface area contributed by atoms with Gasteiger partial charge in [0.2, 0.25) is 5.91 Å². The van der Waals surface area contributed by atoms with Crippen molar-refractivity contribution < 1.29 is 23.9 Å². The predicted octanol–water partition coefficient (Wildman–Crippen LogP) is 6.97. The molecule has 224 valence electrons. The summed E-state index contributed by atoms with van der Waals surface area (Å²) in [6.07, 6.45) is 2.20. The maximum atomic E-state index is 14.6. The zero-order valence-corrected chi connectivity index (χ0v) is 26.0. The molecule has 0 saturated carbocycles. The molecule has 0 saturated heterocycles. The molecule has 2 N–H and O–H groups in total. The second-order valence-electron chi connectivity index (χ2n) is 11.9. The van der Waals surface area contributed by atoms with Gasteiger partial charge in [0.05, 0.1) is 7.11 Å². The van der Waals surface area contributed by atoms with Gasteiger partial charge in [-0.05, 0) is 88.4 Å². The number of amides is 3. The minimum absolute atomic E-state index is 0.227. The van der Waals surface area contributed by atoms with Crippen LogP contribution in [0.15, 0.2) is 55.1 Å². The van der Waals surface area contributed by atoms with E-state index in [-0.39, 0.29) is 17.7 Å². The number of ether oxygens (including phenoxy) is 2. The first-order chi connectivity index (χ1) is 19.2. The third-order valence-electron chi connectivity index (χ3n) is 7.23. The van der Waals surface area contributed by atoms with E-state index in [9.17, 15) is 14.4 Å². The highest BCUT2D eigenvalue weighted by atomic mass is 16.6. The van der Waals surface area contributed by atoms with Crippen molar-refractivity contribution in [3.63, 3.8) is 0 Å². The van der Waals surface area contributed by atoms with E-state index in [1.807, 2.05) is 58.9 Å². The highest BCUT2D eigenvalue weighted by molar-refractivity contribution is 5.99. The third kappa shape index (κ3) is 9.10. The molecule has 0 aliphatic rings. The largest absolute Gasteiger partial charge is 0.497 e. The lowest BCUT2D eigenvalue weighted by molar-refractivity contribution is -0.148. The van der Waals surface area contributed by atoms with Gasteiger partial charge in [-0.3, -0.25) is 9.59 Å². The van der Waals surface area contributed by atoms with E-state index in [0.29, 0.717) is 29.8 Å². The molecule has 0 bridgehead atoms. The summed E-state index contributed by atoms with van der Waals surface area (Å²) in [4.78, 5) is 43.3. The van der Waals surface area contributed by atoms with Crippen molar-refractivity contribution in [1.82, 2.24) is 10.2 Å². The number of carbonyl (C=O) groups excluding carboxylic acids is 3. The average Bonchev–Trinajstić information content (AvgIpc) is 2.93. The van der Waals surface area contributed by atoms with E-state index >= 15 is 0 Å². The quantitative estimate of drug-likeness (QED) is 0.290. The highest BCUT2D eigenvalue weighted by Crippen LogP contribution is 2.34. The standard InChI is InChI=1S/C33H47N3O5/c1-11-22(4)27(35-31(39)41-32(5,6)7)30(38)36(33(8,9)13-3)28(24-16-14-15-23(12-2)21-24)29(37)34-25-17-19-26(40-10)20-18-25/h12,14-22,27-28H,2,11,13H2,1,3-10H3,(H,34,37)(H,35,39). The fraction of sp³-hybridized carbons (Fsp3) is 0.485. The number of nitrogens with zero attached hydrogens (tertiary/aromatic N) is 1. The molecule has 0 heterocycles. The molecule has 2 rings (SSSR count). The van der Waals surface area contributed by atoms with Gasteiger partial charge < -0.3 is 25.0 Å². The van der Waals surface area contributed by atoms with Crippen LogP contribution >= 0.6 is 0 Å². The van der Waals surface area contributed by atoms with E-state index in [0.717, 1.165) is 5.56 Å². The lowest BCUT2D eigenvalue weighted by Gasteiger charge is -2.45. The Kier molecular flexibility index (Phi) is 11.6. The molecule has 8 nitrogen and oxygen atoms in total. The van der Waals surface area contributed by atoms with Gasteiger partial charge in [0.25, 0.3) is 5.91 Å². The summed E-state index contributed by atoms with van der Waals surface area (Å²) in [5, 5.41) is 5.81. The fourth-order valence-electron chi connectivity index (χ4n) is 4.37. The van der Waals surface area contributed by atoms with Crippen LogP contribution in [0.4, 0.5) is 10.5 Å². The summed E-state index contributed by atoms with van der Waals surface area (Å²) in [7, 11) is 1.57. The second kappa shape index (κ2) is 14.2. The van der Waals surface area contributed by atoms with E-state index in [1.165, 1.54) is 0 Å². The molecule has 2 aromatic carbocycles. The maximum absolute atomic E-state index is 14.6. The molecule has 0 aromatic heterocycles. The summed E-state index contributed by atoms with van der Waals surface area (Å²) in [6, 6.07) is 12.5. The molecule has 3 amide bonds. The lowest BCUT2D eigenvalue weighted by Crippen LogP contribution is -2.60. The molecule has 0 aliphatic carbocycles. The molecule has 0 radical (unpaired) electrons. The van der Waals surface area contributed by atoms with Gasteiger partial charge in [0.15, 0.2) is 0 Å². The van der Waals surface area contributed by atoms with Crippen molar-refractivity contribution in [2.75, 3.05) is 12.4 Å². The summed E-state index contributed by atoms with van der Waals surface area (Å²) in [6.45, 7) is 18.9. The maximum Gasteiger partial charge on any atom is 0.408 e. The minimum atomic E-state index is -1.01. The second-order valence-corrected chi connectivity index (χ2v) is 11.9. The fourth-order valence-corrected chi connectivity index (χ4v) is 4.37. The molecular formula is C33H47N3O5. The number of nitrogens with one attached hydrogen (secondary N) is 2. The van der Waals surface area contributed by atoms with E-state index in [4.69, 9.17) is 9.47 Å². The smallest absolute Gasteiger partial charge is 0.408 e. The Balaban J connectivity index is 2.68. The van der Waals surface area contributed by atoms with Gasteiger partial charge in [-0.1, -0.05) is 58.0 Å². The number of hydrogen-bond donors (Lipinski definition) is 2. The topological polar surface area (TPSA) is 97.0 Å². The third-order valence-corrected chi connectivity index (χ3v) is 7.23. The molecule has 0 spiro atoms. The Morgan fingerprint density at radius 1 is 1.02 bits per heavy atom. The number of alkyl carbamates (subject to hydrolysis) is 1. The van der Waals surface area contributed by atoms with Gasteiger partial charge in [0, 0.05) is 11.2 Å². The van der Waals surface area contributed by atoms with Crippen LogP contribution in [0.5, 0.6) is 5.75 Å². The summed E-state index contributed by atoms with van der Waals surface area (Å²) in [5.74, 6) is -0.316. The van der Waals surface area contributed by atoms with Gasteiger partial charge >= 0.3 is 6.09 Å². The molecule has 3 unspecified atom stereocenters. The number of rotatable bonds is 12. The Morgan fingerprint density at radius 2 is 1.66 bits per heavy atom. The van der Waals surface area contributed by atoms with Gasteiger partial charge in [-0.2, -0.15) is 0 Å². The van der Waals surface area contributed by atoms with Crippen LogP contribution in [-0.2, 0) is 14.3 Å². The summed E-state index contributed by atoms with van der Waals surface area (Å²) < 4.78 is 10.8. The average molecular weight is 566 g/mol. The molecule has 0 fully saturated rings. The number of methoxy groups -OCH3 is 1. The Hall–Kier alpha value is -3.81. The summed E-state index contributed by atoms with van der Waals surface area (Å²) >= 11 is 0. The van der Waals surface area contributed by atoms with Gasteiger partial charge in [-0.25, -0.2) is 4.79 Å². The minimum Gasteiger partial charge on any atom is -0.497 e. The number of hydrogen-bond acceptors (Lipinski definition) is 5. The van der Waals surface area contributed by atoms with E-state index in [1.54, 1.807) is 63.1 Å². The Bertz CT molecular complexity index is 1200. The zero-order valence-electron chi connectivity index (χ0n) is 26.0. The monoisotopic (exact) mass is 565 g/mol. The number of carbonyl (C=O) groups is 3. The first-order valence-electron chi connectivity index (χ1n) is 14.2. The van der Waals surface area contributed by atoms with E-state index < -0.39 is 29.3 Å². The zero-order chi connectivity index (χ0) is 31.0. The SMILES string of the molecule is C=Cc1cccc(C(C(=O)Nc2ccc(OC)cc2)N(C(=O)C(NC(=O)OC(C)(C)C)C(C)CC)C(C)(C)CC)c1. The van der Waals surface area contributed by atoms with Gasteiger partial charge in [-0.15, -0.1) is 0 Å². The van der Waals surface area contributed by atoms with Crippen LogP contribution in [0, 0.1) is 5.92 Å². The van der Waals surface area contributed by atoms with Crippen LogP contribution in [0.3, 0.4) is 0 Å². The van der Waals surface area contributed by atoms with Crippen molar-refractivity contribution in [1.29, 1.82) is 0 Å². The van der Waals surface area contributed by atoms with Crippen molar-refractivity contribution in [2.45, 2.75) is 91.5 Å². The van der Waals surface area contributed by atoms with Crippen molar-refractivity contribution in [3.8, 4) is 5.75 Å². The van der Waals surface area contributed by atoms with E-state index in [2.05, 4.69) is 17.2 Å². The van der Waals surface area contributed by atoms with Crippen LogP contribution in [0.2, 0.25) is 0 Å². The highest BCUT2D eigenvalue weighted by Gasteiger charge is 2.44. The molecule has 2 aromatic rings. The molecule has 41 heavy (non-hydrogen) atoms. The van der Waals surface area contributed by atoms with Crippen molar-refractivity contribution >= 4 is 29.7 Å². The normalized spacial score (nSPS) is 13.8. The number of anilines is 1. The summed E-state index contributed by atoms with van der Waals surface area (Å²) in [5.41, 5.74) is 0.513. The molecule has 8 heteroatoms. The van der Waals surface area contributed by atoms with Crippen LogP contribution in [-0.4, -0.2) is 47.1 Å². The first kappa shape index (κ1) is 33.4.